The van der Waals surface area contributed by atoms with Gasteiger partial charge >= 0.3 is 0 Å². The van der Waals surface area contributed by atoms with Gasteiger partial charge < -0.3 is 16.4 Å². The number of nitrogens with one attached hydrogen (secondary N) is 2. The number of amides is 2. The zero-order valence-electron chi connectivity index (χ0n) is 14.1. The summed E-state index contributed by atoms with van der Waals surface area (Å²) < 4.78 is 0. The molecule has 0 unspecified atom stereocenters. The zero-order chi connectivity index (χ0) is 18.4. The number of nitrogens with two attached hydrogens (primary N) is 1. The molecule has 4 N–H and O–H groups in total. The number of benzene rings is 3. The first-order valence-electron chi connectivity index (χ1n) is 8.21. The minimum atomic E-state index is -0.480. The van der Waals surface area contributed by atoms with Crippen molar-refractivity contribution in [1.82, 2.24) is 0 Å². The van der Waals surface area contributed by atoms with E-state index in [-0.39, 0.29) is 12.5 Å². The summed E-state index contributed by atoms with van der Waals surface area (Å²) >= 11 is 0. The Morgan fingerprint density at radius 2 is 1.46 bits per heavy atom. The molecule has 5 nitrogen and oxygen atoms in total. The average Bonchev–Trinajstić information content (AvgIpc) is 2.68. The summed E-state index contributed by atoms with van der Waals surface area (Å²) in [5.74, 6) is -0.640. The van der Waals surface area contributed by atoms with Crippen LogP contribution in [-0.4, -0.2) is 18.4 Å². The number of carbonyl (C=O) groups excluding carboxylic acids is 2. The highest BCUT2D eigenvalue weighted by atomic mass is 16.2. The van der Waals surface area contributed by atoms with Crippen molar-refractivity contribution in [1.29, 1.82) is 0 Å². The largest absolute Gasteiger partial charge is 0.376 e. The van der Waals surface area contributed by atoms with Crippen LogP contribution in [-0.2, 0) is 4.79 Å². The lowest BCUT2D eigenvalue weighted by atomic mass is 10.0. The number of hydrogen-bond donors (Lipinski definition) is 3. The van der Waals surface area contributed by atoms with E-state index in [9.17, 15) is 9.59 Å². The van der Waals surface area contributed by atoms with Crippen molar-refractivity contribution < 1.29 is 9.59 Å². The zero-order valence-corrected chi connectivity index (χ0v) is 14.1. The Kier molecular flexibility index (Phi) is 5.29. The monoisotopic (exact) mass is 345 g/mol. The van der Waals surface area contributed by atoms with Gasteiger partial charge in [0.05, 0.1) is 6.54 Å². The van der Waals surface area contributed by atoms with Gasteiger partial charge in [0, 0.05) is 22.5 Å². The molecule has 0 bridgehead atoms. The topological polar surface area (TPSA) is 84.2 Å². The lowest BCUT2D eigenvalue weighted by molar-refractivity contribution is -0.114. The number of anilines is 2. The lowest BCUT2D eigenvalue weighted by Crippen LogP contribution is -2.22. The van der Waals surface area contributed by atoms with E-state index in [1.54, 1.807) is 24.3 Å². The molecule has 5 heteroatoms. The van der Waals surface area contributed by atoms with Crippen LogP contribution in [0.1, 0.15) is 10.4 Å². The Bertz CT molecular complexity index is 906. The van der Waals surface area contributed by atoms with E-state index in [0.29, 0.717) is 5.56 Å². The highest BCUT2D eigenvalue weighted by molar-refractivity contribution is 5.98. The Labute approximate surface area is 151 Å². The third-order valence-corrected chi connectivity index (χ3v) is 3.91. The third kappa shape index (κ3) is 4.27. The maximum absolute atomic E-state index is 12.3. The van der Waals surface area contributed by atoms with Crippen LogP contribution in [0, 0.1) is 0 Å². The van der Waals surface area contributed by atoms with Gasteiger partial charge in [0.2, 0.25) is 11.8 Å². The fourth-order valence-electron chi connectivity index (χ4n) is 2.59. The van der Waals surface area contributed by atoms with Gasteiger partial charge in [-0.3, -0.25) is 9.59 Å². The van der Waals surface area contributed by atoms with E-state index in [1.807, 2.05) is 54.6 Å². The van der Waals surface area contributed by atoms with Gasteiger partial charge in [-0.2, -0.15) is 0 Å². The maximum Gasteiger partial charge on any atom is 0.248 e. The average molecular weight is 345 g/mol. The molecule has 2 amide bonds. The molecule has 0 spiro atoms. The molecule has 0 radical (unpaired) electrons. The molecule has 0 aromatic heterocycles. The van der Waals surface area contributed by atoms with Crippen LogP contribution in [0.4, 0.5) is 11.4 Å². The first-order chi connectivity index (χ1) is 12.6. The smallest absolute Gasteiger partial charge is 0.248 e. The first-order valence-corrected chi connectivity index (χ1v) is 8.21. The van der Waals surface area contributed by atoms with E-state index in [1.165, 1.54) is 0 Å². The molecule has 0 saturated carbocycles. The van der Waals surface area contributed by atoms with Crippen molar-refractivity contribution in [3.8, 4) is 11.1 Å². The summed E-state index contributed by atoms with van der Waals surface area (Å²) in [6.45, 7) is 0.110. The molecule has 26 heavy (non-hydrogen) atoms. The number of hydrogen-bond acceptors (Lipinski definition) is 3. The van der Waals surface area contributed by atoms with E-state index >= 15 is 0 Å². The van der Waals surface area contributed by atoms with Gasteiger partial charge in [-0.15, -0.1) is 0 Å². The SMILES string of the molecule is NC(=O)c1ccc(NCC(=O)Nc2ccccc2-c2ccccc2)cc1. The Balaban J connectivity index is 1.65. The molecule has 130 valence electrons. The minimum absolute atomic E-state index is 0.110. The van der Waals surface area contributed by atoms with Crippen molar-refractivity contribution in [2.75, 3.05) is 17.2 Å². The second-order valence-electron chi connectivity index (χ2n) is 5.75. The number of rotatable bonds is 6. The van der Waals surface area contributed by atoms with Gasteiger partial charge in [0.15, 0.2) is 0 Å². The predicted octanol–water partition coefficient (Wildman–Crippen LogP) is 3.50. The second-order valence-corrected chi connectivity index (χ2v) is 5.75. The summed E-state index contributed by atoms with van der Waals surface area (Å²) in [4.78, 5) is 23.4. The van der Waals surface area contributed by atoms with Crippen LogP contribution in [0.3, 0.4) is 0 Å². The van der Waals surface area contributed by atoms with Crippen LogP contribution < -0.4 is 16.4 Å². The number of carbonyl (C=O) groups is 2. The highest BCUT2D eigenvalue weighted by Crippen LogP contribution is 2.27. The molecule has 0 aliphatic carbocycles. The third-order valence-electron chi connectivity index (χ3n) is 3.91. The van der Waals surface area contributed by atoms with Crippen molar-refractivity contribution in [2.45, 2.75) is 0 Å². The van der Waals surface area contributed by atoms with Crippen LogP contribution in [0.5, 0.6) is 0 Å². The fraction of sp³-hybridized carbons (Fsp3) is 0.0476. The van der Waals surface area contributed by atoms with E-state index in [2.05, 4.69) is 10.6 Å². The van der Waals surface area contributed by atoms with Crippen molar-refractivity contribution in [3.05, 3.63) is 84.4 Å². The van der Waals surface area contributed by atoms with Crippen LogP contribution in [0.15, 0.2) is 78.9 Å². The Morgan fingerprint density at radius 3 is 2.15 bits per heavy atom. The first kappa shape index (κ1) is 17.2. The molecule has 0 saturated heterocycles. The molecule has 0 atom stereocenters. The fourth-order valence-corrected chi connectivity index (χ4v) is 2.59. The molecule has 0 fully saturated rings. The van der Waals surface area contributed by atoms with Gasteiger partial charge in [-0.1, -0.05) is 48.5 Å². The minimum Gasteiger partial charge on any atom is -0.376 e. The molecular weight excluding hydrogens is 326 g/mol. The van der Waals surface area contributed by atoms with Crippen molar-refractivity contribution in [2.24, 2.45) is 5.73 Å². The van der Waals surface area contributed by atoms with Gasteiger partial charge in [0.1, 0.15) is 0 Å². The highest BCUT2D eigenvalue weighted by Gasteiger charge is 2.08. The summed E-state index contributed by atoms with van der Waals surface area (Å²) in [6.07, 6.45) is 0. The van der Waals surface area contributed by atoms with Gasteiger partial charge in [-0.25, -0.2) is 0 Å². The lowest BCUT2D eigenvalue weighted by Gasteiger charge is -2.12. The van der Waals surface area contributed by atoms with Crippen LogP contribution >= 0.6 is 0 Å². The predicted molar refractivity (Wildman–Crippen MR) is 104 cm³/mol. The molecular formula is C21H19N3O2. The second kappa shape index (κ2) is 7.98. The van der Waals surface area contributed by atoms with Crippen LogP contribution in [0.2, 0.25) is 0 Å². The molecule has 3 aromatic rings. The van der Waals surface area contributed by atoms with Crippen molar-refractivity contribution in [3.63, 3.8) is 0 Å². The molecule has 3 aromatic carbocycles. The van der Waals surface area contributed by atoms with Gasteiger partial charge in [0.25, 0.3) is 0 Å². The summed E-state index contributed by atoms with van der Waals surface area (Å²) in [7, 11) is 0. The molecule has 3 rings (SSSR count). The maximum atomic E-state index is 12.3. The quantitative estimate of drug-likeness (QED) is 0.639. The standard InChI is InChI=1S/C21H19N3O2/c22-21(26)16-10-12-17(13-11-16)23-14-20(25)24-19-9-5-4-8-18(19)15-6-2-1-3-7-15/h1-13,23H,14H2,(H2,22,26)(H,24,25). The summed E-state index contributed by atoms with van der Waals surface area (Å²) in [5, 5.41) is 5.96. The Morgan fingerprint density at radius 1 is 0.808 bits per heavy atom. The van der Waals surface area contributed by atoms with E-state index < -0.39 is 5.91 Å². The molecule has 0 aliphatic heterocycles. The molecule has 0 aliphatic rings. The van der Waals surface area contributed by atoms with Crippen molar-refractivity contribution >= 4 is 23.2 Å². The molecule has 0 heterocycles. The van der Waals surface area contributed by atoms with E-state index in [4.69, 9.17) is 5.73 Å². The van der Waals surface area contributed by atoms with E-state index in [0.717, 1.165) is 22.5 Å². The number of primary amides is 1. The number of para-hydroxylation sites is 1. The van der Waals surface area contributed by atoms with Gasteiger partial charge in [-0.05, 0) is 35.9 Å². The Hall–Kier alpha value is -3.60. The van der Waals surface area contributed by atoms with Crippen LogP contribution in [0.25, 0.3) is 11.1 Å². The summed E-state index contributed by atoms with van der Waals surface area (Å²) in [6, 6.07) is 24.2. The normalized spacial score (nSPS) is 10.2. The summed E-state index contributed by atoms with van der Waals surface area (Å²) in [5.41, 5.74) is 9.14.